The fourth-order valence-electron chi connectivity index (χ4n) is 3.97. The summed E-state index contributed by atoms with van der Waals surface area (Å²) in [6, 6.07) is 9.58. The van der Waals surface area contributed by atoms with Gasteiger partial charge in [-0.05, 0) is 49.4 Å². The molecule has 198 valence electrons. The molecule has 1 atom stereocenters. The first-order valence-corrected chi connectivity index (χ1v) is 14.4. The Labute approximate surface area is 224 Å². The van der Waals surface area contributed by atoms with Crippen molar-refractivity contribution in [3.8, 4) is 0 Å². The van der Waals surface area contributed by atoms with Crippen molar-refractivity contribution in [1.29, 1.82) is 0 Å². The number of halogens is 2. The Morgan fingerprint density at radius 1 is 1.00 bits per heavy atom. The topological polar surface area (TPSA) is 86.8 Å². The maximum absolute atomic E-state index is 13.8. The van der Waals surface area contributed by atoms with Crippen LogP contribution < -0.4 is 9.62 Å². The predicted molar refractivity (Wildman–Crippen MR) is 147 cm³/mol. The monoisotopic (exact) mass is 555 g/mol. The lowest BCUT2D eigenvalue weighted by Gasteiger charge is -2.34. The van der Waals surface area contributed by atoms with E-state index in [2.05, 4.69) is 5.32 Å². The predicted octanol–water partition coefficient (Wildman–Crippen LogP) is 4.96. The van der Waals surface area contributed by atoms with E-state index in [0.717, 1.165) is 21.7 Å². The molecule has 0 aliphatic rings. The molecular weight excluding hydrogens is 521 g/mol. The van der Waals surface area contributed by atoms with Gasteiger partial charge in [-0.1, -0.05) is 68.2 Å². The molecule has 0 unspecified atom stereocenters. The molecule has 0 bridgehead atoms. The third-order valence-electron chi connectivity index (χ3n) is 5.83. The van der Waals surface area contributed by atoms with Crippen molar-refractivity contribution in [1.82, 2.24) is 10.2 Å². The molecule has 2 rings (SSSR count). The number of amides is 2. The first kappa shape index (κ1) is 29.9. The summed E-state index contributed by atoms with van der Waals surface area (Å²) in [5.74, 6) is -0.635. The first-order valence-electron chi connectivity index (χ1n) is 11.8. The van der Waals surface area contributed by atoms with E-state index < -0.39 is 28.5 Å². The number of rotatable bonds is 11. The van der Waals surface area contributed by atoms with Crippen LogP contribution >= 0.6 is 23.2 Å². The van der Waals surface area contributed by atoms with Crippen molar-refractivity contribution in [2.45, 2.75) is 53.6 Å². The largest absolute Gasteiger partial charge is 0.354 e. The molecule has 0 aliphatic heterocycles. The highest BCUT2D eigenvalue weighted by molar-refractivity contribution is 7.92. The second-order valence-electron chi connectivity index (χ2n) is 9.29. The van der Waals surface area contributed by atoms with Gasteiger partial charge in [0.1, 0.15) is 12.6 Å². The number of carbonyl (C=O) groups excluding carboxylic acids is 2. The smallest absolute Gasteiger partial charge is 0.244 e. The molecule has 0 saturated carbocycles. The number of carbonyl (C=O) groups is 2. The van der Waals surface area contributed by atoms with Crippen molar-refractivity contribution in [3.05, 3.63) is 63.1 Å². The summed E-state index contributed by atoms with van der Waals surface area (Å²) in [7, 11) is -3.82. The number of nitrogens with zero attached hydrogens (tertiary/aromatic N) is 2. The summed E-state index contributed by atoms with van der Waals surface area (Å²) in [5, 5.41) is 3.59. The molecule has 2 amide bonds. The second kappa shape index (κ2) is 12.8. The van der Waals surface area contributed by atoms with Gasteiger partial charge in [0.15, 0.2) is 0 Å². The third-order valence-corrected chi connectivity index (χ3v) is 7.65. The fraction of sp³-hybridized carbons (Fsp3) is 0.462. The second-order valence-corrected chi connectivity index (χ2v) is 12.0. The molecule has 0 heterocycles. The minimum absolute atomic E-state index is 0.0463. The highest BCUT2D eigenvalue weighted by Gasteiger charge is 2.33. The number of hydrogen-bond acceptors (Lipinski definition) is 4. The van der Waals surface area contributed by atoms with Gasteiger partial charge >= 0.3 is 0 Å². The molecule has 0 saturated heterocycles. The quantitative estimate of drug-likeness (QED) is 0.424. The molecule has 7 nitrogen and oxygen atoms in total. The molecule has 0 fully saturated rings. The van der Waals surface area contributed by atoms with E-state index in [4.69, 9.17) is 23.2 Å². The Hall–Kier alpha value is -2.29. The number of anilines is 1. The van der Waals surface area contributed by atoms with E-state index in [-0.39, 0.29) is 18.4 Å². The van der Waals surface area contributed by atoms with E-state index >= 15 is 0 Å². The average Bonchev–Trinajstić information content (AvgIpc) is 2.77. The van der Waals surface area contributed by atoms with Crippen LogP contribution in [0.2, 0.25) is 10.0 Å². The van der Waals surface area contributed by atoms with Crippen LogP contribution in [-0.4, -0.2) is 50.5 Å². The summed E-state index contributed by atoms with van der Waals surface area (Å²) in [4.78, 5) is 28.3. The first-order chi connectivity index (χ1) is 16.8. The molecular formula is C26H35Cl2N3O4S. The Balaban J connectivity index is 2.54. The van der Waals surface area contributed by atoms with Crippen LogP contribution in [0.15, 0.2) is 36.4 Å². The lowest BCUT2D eigenvalue weighted by atomic mass is 10.1. The minimum atomic E-state index is -3.82. The number of benzene rings is 2. The molecule has 2 aromatic rings. The van der Waals surface area contributed by atoms with Crippen molar-refractivity contribution in [2.24, 2.45) is 5.92 Å². The number of para-hydroxylation sites is 1. The van der Waals surface area contributed by atoms with E-state index in [1.165, 1.54) is 4.90 Å². The Morgan fingerprint density at radius 2 is 1.53 bits per heavy atom. The standard InChI is InChI=1S/C26H35Cl2N3O4S/c1-7-23(26(33)29-14-17(2)3)30(15-20-21(27)12-9-13-22(20)28)24(32)16-31(36(6,34)35)25-18(4)10-8-11-19(25)5/h8-13,17,23H,7,14-16H2,1-6H3,(H,29,33)/t23-/m0/s1. The molecule has 2 aromatic carbocycles. The van der Waals surface area contributed by atoms with Gasteiger partial charge in [0, 0.05) is 28.7 Å². The summed E-state index contributed by atoms with van der Waals surface area (Å²) in [6.45, 7) is 9.26. The zero-order chi connectivity index (χ0) is 27.2. The molecule has 0 aliphatic carbocycles. The van der Waals surface area contributed by atoms with Crippen LogP contribution in [0.1, 0.15) is 43.9 Å². The van der Waals surface area contributed by atoms with Gasteiger partial charge in [-0.3, -0.25) is 13.9 Å². The SMILES string of the molecule is CC[C@@H](C(=O)NCC(C)C)N(Cc1c(Cl)cccc1Cl)C(=O)CN(c1c(C)cccc1C)S(C)(=O)=O. The van der Waals surface area contributed by atoms with E-state index in [0.29, 0.717) is 34.3 Å². The van der Waals surface area contributed by atoms with Gasteiger partial charge in [0.2, 0.25) is 21.8 Å². The Bertz CT molecular complexity index is 1160. The zero-order valence-corrected chi connectivity index (χ0v) is 24.0. The average molecular weight is 557 g/mol. The van der Waals surface area contributed by atoms with Gasteiger partial charge in [-0.15, -0.1) is 0 Å². The molecule has 36 heavy (non-hydrogen) atoms. The summed E-state index contributed by atoms with van der Waals surface area (Å²) >= 11 is 12.8. The van der Waals surface area contributed by atoms with Crippen LogP contribution in [0.3, 0.4) is 0 Å². The van der Waals surface area contributed by atoms with Crippen LogP contribution in [-0.2, 0) is 26.2 Å². The highest BCUT2D eigenvalue weighted by Crippen LogP contribution is 2.29. The molecule has 0 aromatic heterocycles. The summed E-state index contributed by atoms with van der Waals surface area (Å²) < 4.78 is 26.8. The van der Waals surface area contributed by atoms with Gasteiger partial charge in [0.05, 0.1) is 11.9 Å². The Morgan fingerprint density at radius 3 is 2.00 bits per heavy atom. The van der Waals surface area contributed by atoms with Gasteiger partial charge < -0.3 is 10.2 Å². The van der Waals surface area contributed by atoms with Crippen LogP contribution in [0, 0.1) is 19.8 Å². The third kappa shape index (κ3) is 7.60. The van der Waals surface area contributed by atoms with Crippen molar-refractivity contribution < 1.29 is 18.0 Å². The lowest BCUT2D eigenvalue weighted by molar-refractivity contribution is -0.140. The fourth-order valence-corrected chi connectivity index (χ4v) is 5.45. The number of hydrogen-bond donors (Lipinski definition) is 1. The highest BCUT2D eigenvalue weighted by atomic mass is 35.5. The van der Waals surface area contributed by atoms with Crippen LogP contribution in [0.25, 0.3) is 0 Å². The van der Waals surface area contributed by atoms with E-state index in [1.54, 1.807) is 51.1 Å². The van der Waals surface area contributed by atoms with Gasteiger partial charge in [-0.2, -0.15) is 0 Å². The molecule has 0 spiro atoms. The van der Waals surface area contributed by atoms with E-state index in [1.807, 2.05) is 19.9 Å². The lowest BCUT2D eigenvalue weighted by Crippen LogP contribution is -2.52. The molecule has 10 heteroatoms. The van der Waals surface area contributed by atoms with E-state index in [9.17, 15) is 18.0 Å². The number of aryl methyl sites for hydroxylation is 2. The van der Waals surface area contributed by atoms with Gasteiger partial charge in [0.25, 0.3) is 0 Å². The van der Waals surface area contributed by atoms with Crippen LogP contribution in [0.4, 0.5) is 5.69 Å². The van der Waals surface area contributed by atoms with Crippen LogP contribution in [0.5, 0.6) is 0 Å². The van der Waals surface area contributed by atoms with Crippen molar-refractivity contribution in [3.63, 3.8) is 0 Å². The Kier molecular flexibility index (Phi) is 10.6. The van der Waals surface area contributed by atoms with Crippen molar-refractivity contribution in [2.75, 3.05) is 23.7 Å². The minimum Gasteiger partial charge on any atom is -0.354 e. The summed E-state index contributed by atoms with van der Waals surface area (Å²) in [5.41, 5.74) is 2.37. The molecule has 0 radical (unpaired) electrons. The number of sulfonamides is 1. The number of nitrogens with one attached hydrogen (secondary N) is 1. The maximum Gasteiger partial charge on any atom is 0.244 e. The van der Waals surface area contributed by atoms with Gasteiger partial charge in [-0.25, -0.2) is 8.42 Å². The van der Waals surface area contributed by atoms with Crippen molar-refractivity contribution >= 4 is 50.7 Å². The maximum atomic E-state index is 13.8. The summed E-state index contributed by atoms with van der Waals surface area (Å²) in [6.07, 6.45) is 1.38. The normalized spacial score (nSPS) is 12.4. The molecule has 1 N–H and O–H groups in total. The zero-order valence-electron chi connectivity index (χ0n) is 21.6.